The summed E-state index contributed by atoms with van der Waals surface area (Å²) in [6.45, 7) is 9.14. The first-order valence-corrected chi connectivity index (χ1v) is 9.39. The Kier molecular flexibility index (Phi) is 4.12. The van der Waals surface area contributed by atoms with Gasteiger partial charge in [0.05, 0.1) is 11.0 Å². The van der Waals surface area contributed by atoms with Gasteiger partial charge in [-0.25, -0.2) is 9.47 Å². The zero-order valence-electron chi connectivity index (χ0n) is 15.5. The van der Waals surface area contributed by atoms with Gasteiger partial charge in [-0.05, 0) is 50.8 Å². The van der Waals surface area contributed by atoms with Crippen LogP contribution in [0.2, 0.25) is 0 Å². The van der Waals surface area contributed by atoms with E-state index in [1.807, 2.05) is 16.3 Å². The van der Waals surface area contributed by atoms with E-state index in [0.717, 1.165) is 56.6 Å². The fraction of sp³-hybridized carbons (Fsp3) is 0.632. The van der Waals surface area contributed by atoms with Crippen LogP contribution in [0.1, 0.15) is 38.2 Å². The summed E-state index contributed by atoms with van der Waals surface area (Å²) in [5.74, 6) is 0.490. The highest BCUT2D eigenvalue weighted by atomic mass is 16.2. The zero-order valence-corrected chi connectivity index (χ0v) is 15.5. The van der Waals surface area contributed by atoms with E-state index in [-0.39, 0.29) is 11.2 Å². The first-order valence-electron chi connectivity index (χ1n) is 9.39. The third kappa shape index (κ3) is 2.87. The molecule has 6 heteroatoms. The van der Waals surface area contributed by atoms with Gasteiger partial charge in [0.1, 0.15) is 0 Å². The molecular formula is C19H29N5O. The number of aryl methyl sites for hydroxylation is 1. The lowest BCUT2D eigenvalue weighted by Crippen LogP contribution is -2.52. The van der Waals surface area contributed by atoms with Crippen molar-refractivity contribution in [2.24, 2.45) is 7.05 Å². The second-order valence-corrected chi connectivity index (χ2v) is 8.07. The number of nitrogens with one attached hydrogen (secondary N) is 2. The first kappa shape index (κ1) is 16.7. The standard InChI is InChI=1S/C19H29N5O/c1-19(2)13-14(7-8-21-19)15-5-4-6-16-17(15)22(3)18(25)24(16)23-11-9-20-10-12-23/h4-6,14,20-21H,7-13H2,1-3H3/t14-/m1/s1. The van der Waals surface area contributed by atoms with E-state index in [2.05, 4.69) is 47.7 Å². The van der Waals surface area contributed by atoms with Crippen molar-refractivity contribution in [3.8, 4) is 0 Å². The molecule has 0 amide bonds. The van der Waals surface area contributed by atoms with Crippen LogP contribution in [-0.2, 0) is 7.05 Å². The van der Waals surface area contributed by atoms with Crippen LogP contribution in [0.15, 0.2) is 23.0 Å². The van der Waals surface area contributed by atoms with E-state index >= 15 is 0 Å². The fourth-order valence-corrected chi connectivity index (χ4v) is 4.52. The van der Waals surface area contributed by atoms with Crippen molar-refractivity contribution in [3.05, 3.63) is 34.2 Å². The molecule has 1 aromatic carbocycles. The molecule has 2 N–H and O–H groups in total. The average molecular weight is 343 g/mol. The van der Waals surface area contributed by atoms with E-state index in [9.17, 15) is 4.79 Å². The molecule has 2 aromatic rings. The molecule has 2 aliphatic rings. The summed E-state index contributed by atoms with van der Waals surface area (Å²) in [4.78, 5) is 13.0. The number of para-hydroxylation sites is 1. The van der Waals surface area contributed by atoms with Crippen molar-refractivity contribution < 1.29 is 0 Å². The van der Waals surface area contributed by atoms with Crippen molar-refractivity contribution in [2.45, 2.75) is 38.1 Å². The van der Waals surface area contributed by atoms with Gasteiger partial charge >= 0.3 is 5.69 Å². The van der Waals surface area contributed by atoms with E-state index in [1.54, 1.807) is 0 Å². The number of rotatable bonds is 2. The Morgan fingerprint density at radius 1 is 1.16 bits per heavy atom. The summed E-state index contributed by atoms with van der Waals surface area (Å²) < 4.78 is 3.74. The van der Waals surface area contributed by atoms with Crippen molar-refractivity contribution in [1.29, 1.82) is 0 Å². The number of hydrogen-bond donors (Lipinski definition) is 2. The van der Waals surface area contributed by atoms with Gasteiger partial charge in [-0.15, -0.1) is 0 Å². The number of aromatic nitrogens is 2. The van der Waals surface area contributed by atoms with E-state index in [1.165, 1.54) is 5.56 Å². The SMILES string of the molecule is Cn1c(=O)n(N2CCNCC2)c2cccc([C@@H]3CCNC(C)(C)C3)c21. The molecule has 2 aliphatic heterocycles. The molecule has 0 radical (unpaired) electrons. The minimum atomic E-state index is 0.0672. The Labute approximate surface area is 148 Å². The average Bonchev–Trinajstić information content (AvgIpc) is 2.86. The quantitative estimate of drug-likeness (QED) is 0.858. The summed E-state index contributed by atoms with van der Waals surface area (Å²) >= 11 is 0. The van der Waals surface area contributed by atoms with Crippen LogP contribution in [0.25, 0.3) is 11.0 Å². The molecule has 2 fully saturated rings. The Balaban J connectivity index is 1.83. The van der Waals surface area contributed by atoms with Crippen molar-refractivity contribution >= 4 is 11.0 Å². The van der Waals surface area contributed by atoms with Gasteiger partial charge in [0.15, 0.2) is 0 Å². The number of piperidine rings is 1. The summed E-state index contributed by atoms with van der Waals surface area (Å²) in [7, 11) is 1.92. The van der Waals surface area contributed by atoms with Gasteiger partial charge in [0, 0.05) is 38.8 Å². The largest absolute Gasteiger partial charge is 0.347 e. The monoisotopic (exact) mass is 343 g/mol. The highest BCUT2D eigenvalue weighted by molar-refractivity contribution is 5.81. The second kappa shape index (κ2) is 6.18. The molecule has 1 atom stereocenters. The summed E-state index contributed by atoms with van der Waals surface area (Å²) in [5.41, 5.74) is 3.68. The van der Waals surface area contributed by atoms with Crippen LogP contribution < -0.4 is 21.3 Å². The van der Waals surface area contributed by atoms with Gasteiger partial charge in [-0.2, -0.15) is 0 Å². The van der Waals surface area contributed by atoms with Crippen molar-refractivity contribution in [2.75, 3.05) is 37.7 Å². The zero-order chi connectivity index (χ0) is 17.6. The summed E-state index contributed by atoms with van der Waals surface area (Å²) in [5, 5.41) is 9.14. The Bertz CT molecular complexity index is 828. The number of fused-ring (bicyclic) bond motifs is 1. The molecule has 0 saturated carbocycles. The van der Waals surface area contributed by atoms with Crippen LogP contribution in [-0.4, -0.2) is 47.5 Å². The van der Waals surface area contributed by atoms with E-state index in [0.29, 0.717) is 5.92 Å². The van der Waals surface area contributed by atoms with Gasteiger partial charge in [0.2, 0.25) is 0 Å². The summed E-state index contributed by atoms with van der Waals surface area (Å²) in [6.07, 6.45) is 2.22. The van der Waals surface area contributed by atoms with Gasteiger partial charge in [0.25, 0.3) is 0 Å². The predicted octanol–water partition coefficient (Wildman–Crippen LogP) is 1.13. The van der Waals surface area contributed by atoms with Crippen LogP contribution in [0, 0.1) is 0 Å². The molecule has 3 heterocycles. The van der Waals surface area contributed by atoms with E-state index in [4.69, 9.17) is 0 Å². The normalized spacial score (nSPS) is 24.0. The van der Waals surface area contributed by atoms with Crippen LogP contribution >= 0.6 is 0 Å². The van der Waals surface area contributed by atoms with E-state index < -0.39 is 0 Å². The molecule has 1 aromatic heterocycles. The lowest BCUT2D eigenvalue weighted by Gasteiger charge is -2.37. The third-order valence-electron chi connectivity index (χ3n) is 5.75. The molecule has 0 unspecified atom stereocenters. The third-order valence-corrected chi connectivity index (χ3v) is 5.75. The molecule has 6 nitrogen and oxygen atoms in total. The molecule has 0 aliphatic carbocycles. The van der Waals surface area contributed by atoms with Crippen LogP contribution in [0.5, 0.6) is 0 Å². The van der Waals surface area contributed by atoms with Crippen molar-refractivity contribution in [3.63, 3.8) is 0 Å². The highest BCUT2D eigenvalue weighted by Crippen LogP contribution is 2.35. The van der Waals surface area contributed by atoms with Gasteiger partial charge in [-0.3, -0.25) is 4.57 Å². The molecule has 0 spiro atoms. The number of piperazine rings is 1. The minimum Gasteiger partial charge on any atom is -0.313 e. The Hall–Kier alpha value is -1.79. The van der Waals surface area contributed by atoms with Crippen LogP contribution in [0.4, 0.5) is 0 Å². The number of imidazole rings is 1. The number of benzene rings is 1. The number of hydrogen-bond acceptors (Lipinski definition) is 4. The van der Waals surface area contributed by atoms with Gasteiger partial charge in [-0.1, -0.05) is 12.1 Å². The highest BCUT2D eigenvalue weighted by Gasteiger charge is 2.30. The molecule has 25 heavy (non-hydrogen) atoms. The predicted molar refractivity (Wildman–Crippen MR) is 102 cm³/mol. The molecular weight excluding hydrogens is 314 g/mol. The molecule has 0 bridgehead atoms. The maximum atomic E-state index is 13.0. The summed E-state index contributed by atoms with van der Waals surface area (Å²) in [6, 6.07) is 6.43. The first-order chi connectivity index (χ1) is 12.0. The minimum absolute atomic E-state index is 0.0672. The van der Waals surface area contributed by atoms with Crippen LogP contribution in [0.3, 0.4) is 0 Å². The lowest BCUT2D eigenvalue weighted by molar-refractivity contribution is 0.276. The second-order valence-electron chi connectivity index (χ2n) is 8.07. The topological polar surface area (TPSA) is 54.2 Å². The van der Waals surface area contributed by atoms with Gasteiger partial charge < -0.3 is 15.6 Å². The Morgan fingerprint density at radius 3 is 2.64 bits per heavy atom. The number of nitrogens with zero attached hydrogens (tertiary/aromatic N) is 3. The maximum absolute atomic E-state index is 13.0. The Morgan fingerprint density at radius 2 is 1.92 bits per heavy atom. The lowest BCUT2D eigenvalue weighted by atomic mass is 9.80. The maximum Gasteiger partial charge on any atom is 0.347 e. The fourth-order valence-electron chi connectivity index (χ4n) is 4.52. The smallest absolute Gasteiger partial charge is 0.313 e. The molecule has 136 valence electrons. The molecule has 2 saturated heterocycles. The molecule has 4 rings (SSSR count). The van der Waals surface area contributed by atoms with Crippen molar-refractivity contribution in [1.82, 2.24) is 19.9 Å².